The Balaban J connectivity index is 2.24. The average Bonchev–Trinajstić information content (AvgIpc) is 2.75. The lowest BCUT2D eigenvalue weighted by Crippen LogP contribution is -2.03. The smallest absolute Gasteiger partial charge is 0.147 e. The molecule has 0 aliphatic carbocycles. The Morgan fingerprint density at radius 1 is 1.04 bits per heavy atom. The van der Waals surface area contributed by atoms with Crippen molar-refractivity contribution in [1.82, 2.24) is 4.57 Å². The molecule has 0 unspecified atom stereocenters. The fraction of sp³-hybridized carbons (Fsp3) is 0.222. The second-order valence-corrected chi connectivity index (χ2v) is 7.93. The van der Waals surface area contributed by atoms with E-state index in [0.717, 1.165) is 42.3 Å². The Hall–Kier alpha value is -0.780. The zero-order valence-corrected chi connectivity index (χ0v) is 17.6. The molecular weight excluding hydrogens is 486 g/mol. The predicted octanol–water partition coefficient (Wildman–Crippen LogP) is 6.68. The summed E-state index contributed by atoms with van der Waals surface area (Å²) in [4.78, 5) is 0. The van der Waals surface area contributed by atoms with E-state index in [1.54, 1.807) is 0 Å². The highest BCUT2D eigenvalue weighted by molar-refractivity contribution is 9.11. The molecule has 0 fully saturated rings. The molecule has 2 aromatic carbocycles. The number of aromatic nitrogens is 1. The monoisotopic (exact) mass is 499 g/mol. The number of ether oxygens (including phenoxy) is 1. The minimum Gasteiger partial charge on any atom is -0.491 e. The minimum absolute atomic E-state index is 0.652. The molecule has 3 rings (SSSR count). The lowest BCUT2D eigenvalue weighted by atomic mass is 10.2. The molecular formula is C18H16Br3NO. The first-order chi connectivity index (χ1) is 11.0. The van der Waals surface area contributed by atoms with Crippen molar-refractivity contribution in [2.24, 2.45) is 0 Å². The molecule has 1 heterocycles. The van der Waals surface area contributed by atoms with Crippen molar-refractivity contribution in [1.29, 1.82) is 0 Å². The minimum atomic E-state index is 0.652. The molecule has 5 heteroatoms. The van der Waals surface area contributed by atoms with Crippen LogP contribution in [0.2, 0.25) is 0 Å². The molecule has 0 N–H and O–H groups in total. The van der Waals surface area contributed by atoms with Crippen molar-refractivity contribution >= 4 is 58.7 Å². The van der Waals surface area contributed by atoms with E-state index in [-0.39, 0.29) is 0 Å². The zero-order valence-electron chi connectivity index (χ0n) is 12.9. The molecule has 0 bridgehead atoms. The SMILES string of the molecule is CCOc1c(C)n(Cc2ccccc2Br)c2c(Br)cc(Br)cc12. The van der Waals surface area contributed by atoms with Crippen LogP contribution in [0, 0.1) is 6.92 Å². The summed E-state index contributed by atoms with van der Waals surface area (Å²) >= 11 is 10.9. The molecule has 2 nitrogen and oxygen atoms in total. The van der Waals surface area contributed by atoms with Gasteiger partial charge in [-0.2, -0.15) is 0 Å². The third kappa shape index (κ3) is 3.24. The number of rotatable bonds is 4. The number of hydrogen-bond donors (Lipinski definition) is 0. The van der Waals surface area contributed by atoms with Crippen LogP contribution < -0.4 is 4.74 Å². The first kappa shape index (κ1) is 17.1. The number of nitrogens with zero attached hydrogens (tertiary/aromatic N) is 1. The molecule has 120 valence electrons. The van der Waals surface area contributed by atoms with E-state index in [0.29, 0.717) is 6.61 Å². The van der Waals surface area contributed by atoms with Crippen molar-refractivity contribution in [2.45, 2.75) is 20.4 Å². The van der Waals surface area contributed by atoms with Crippen molar-refractivity contribution in [3.63, 3.8) is 0 Å². The van der Waals surface area contributed by atoms with Gasteiger partial charge in [-0.3, -0.25) is 0 Å². The van der Waals surface area contributed by atoms with Crippen LogP contribution in [0.5, 0.6) is 5.75 Å². The lowest BCUT2D eigenvalue weighted by Gasteiger charge is -2.11. The first-order valence-electron chi connectivity index (χ1n) is 7.37. The van der Waals surface area contributed by atoms with E-state index in [4.69, 9.17) is 4.74 Å². The molecule has 0 aliphatic rings. The van der Waals surface area contributed by atoms with Crippen molar-refractivity contribution in [3.8, 4) is 5.75 Å². The van der Waals surface area contributed by atoms with Crippen LogP contribution in [-0.2, 0) is 6.54 Å². The third-order valence-electron chi connectivity index (χ3n) is 3.85. The van der Waals surface area contributed by atoms with Crippen LogP contribution in [0.1, 0.15) is 18.2 Å². The maximum Gasteiger partial charge on any atom is 0.147 e. The number of benzene rings is 2. The molecule has 1 aromatic heterocycles. The lowest BCUT2D eigenvalue weighted by molar-refractivity contribution is 0.340. The van der Waals surface area contributed by atoms with Gasteiger partial charge >= 0.3 is 0 Å². The Bertz CT molecular complexity index is 870. The summed E-state index contributed by atoms with van der Waals surface area (Å²) in [6.45, 7) is 5.57. The summed E-state index contributed by atoms with van der Waals surface area (Å²) < 4.78 is 11.5. The van der Waals surface area contributed by atoms with Gasteiger partial charge in [0.15, 0.2) is 0 Å². The van der Waals surface area contributed by atoms with Gasteiger partial charge in [0, 0.05) is 25.3 Å². The van der Waals surface area contributed by atoms with Crippen molar-refractivity contribution in [2.75, 3.05) is 6.61 Å². The molecule has 0 atom stereocenters. The quantitative estimate of drug-likeness (QED) is 0.388. The predicted molar refractivity (Wildman–Crippen MR) is 106 cm³/mol. The first-order valence-corrected chi connectivity index (χ1v) is 9.74. The highest BCUT2D eigenvalue weighted by atomic mass is 79.9. The van der Waals surface area contributed by atoms with Crippen molar-refractivity contribution in [3.05, 3.63) is 61.1 Å². The normalized spacial score (nSPS) is 11.2. The highest BCUT2D eigenvalue weighted by Crippen LogP contribution is 2.39. The molecule has 23 heavy (non-hydrogen) atoms. The van der Waals surface area contributed by atoms with E-state index in [1.165, 1.54) is 5.56 Å². The van der Waals surface area contributed by atoms with Gasteiger partial charge in [-0.05, 0) is 53.5 Å². The highest BCUT2D eigenvalue weighted by Gasteiger charge is 2.18. The van der Waals surface area contributed by atoms with Gasteiger partial charge in [0.25, 0.3) is 0 Å². The summed E-state index contributed by atoms with van der Waals surface area (Å²) in [5.74, 6) is 0.955. The Labute approximate surface area is 161 Å². The van der Waals surface area contributed by atoms with E-state index in [9.17, 15) is 0 Å². The third-order valence-corrected chi connectivity index (χ3v) is 5.69. The molecule has 0 aliphatic heterocycles. The maximum atomic E-state index is 5.93. The Kier molecular flexibility index (Phi) is 5.19. The summed E-state index contributed by atoms with van der Waals surface area (Å²) in [5, 5.41) is 1.12. The van der Waals surface area contributed by atoms with Crippen LogP contribution in [-0.4, -0.2) is 11.2 Å². The zero-order chi connectivity index (χ0) is 16.6. The molecule has 0 saturated heterocycles. The van der Waals surface area contributed by atoms with Crippen LogP contribution >= 0.6 is 47.8 Å². The maximum absolute atomic E-state index is 5.93. The van der Waals surface area contributed by atoms with Gasteiger partial charge in [0.2, 0.25) is 0 Å². The fourth-order valence-corrected chi connectivity index (χ4v) is 4.67. The molecule has 0 amide bonds. The van der Waals surface area contributed by atoms with Gasteiger partial charge in [0.1, 0.15) is 5.75 Å². The van der Waals surface area contributed by atoms with Crippen LogP contribution in [0.15, 0.2) is 49.8 Å². The van der Waals surface area contributed by atoms with Crippen molar-refractivity contribution < 1.29 is 4.74 Å². The van der Waals surface area contributed by atoms with Gasteiger partial charge in [0.05, 0.1) is 17.8 Å². The number of hydrogen-bond acceptors (Lipinski definition) is 1. The van der Waals surface area contributed by atoms with Gasteiger partial charge < -0.3 is 9.30 Å². The Morgan fingerprint density at radius 3 is 2.48 bits per heavy atom. The topological polar surface area (TPSA) is 14.2 Å². The largest absolute Gasteiger partial charge is 0.491 e. The van der Waals surface area contributed by atoms with E-state index in [1.807, 2.05) is 13.0 Å². The van der Waals surface area contributed by atoms with E-state index >= 15 is 0 Å². The van der Waals surface area contributed by atoms with Crippen LogP contribution in [0.25, 0.3) is 10.9 Å². The summed E-state index contributed by atoms with van der Waals surface area (Å²) in [7, 11) is 0. The summed E-state index contributed by atoms with van der Waals surface area (Å²) in [5.41, 5.74) is 3.53. The van der Waals surface area contributed by atoms with E-state index in [2.05, 4.69) is 89.6 Å². The second-order valence-electron chi connectivity index (χ2n) is 5.31. The molecule has 0 radical (unpaired) electrons. The van der Waals surface area contributed by atoms with Gasteiger partial charge in [-0.25, -0.2) is 0 Å². The number of fused-ring (bicyclic) bond motifs is 1. The average molecular weight is 502 g/mol. The Morgan fingerprint density at radius 2 is 1.78 bits per heavy atom. The summed E-state index contributed by atoms with van der Waals surface area (Å²) in [6.07, 6.45) is 0. The molecule has 3 aromatic rings. The summed E-state index contributed by atoms with van der Waals surface area (Å²) in [6, 6.07) is 12.5. The molecule has 0 spiro atoms. The fourth-order valence-electron chi connectivity index (χ4n) is 2.82. The van der Waals surface area contributed by atoms with Crippen LogP contribution in [0.4, 0.5) is 0 Å². The second kappa shape index (κ2) is 6.99. The van der Waals surface area contributed by atoms with Gasteiger partial charge in [-0.1, -0.05) is 50.1 Å². The number of halogens is 3. The van der Waals surface area contributed by atoms with Crippen LogP contribution in [0.3, 0.4) is 0 Å². The standard InChI is InChI=1S/C18H16Br3NO/c1-3-23-18-11(2)22(10-12-6-4-5-7-15(12)20)17-14(18)8-13(19)9-16(17)21/h4-9H,3,10H2,1-2H3. The van der Waals surface area contributed by atoms with Gasteiger partial charge in [-0.15, -0.1) is 0 Å². The molecule has 0 saturated carbocycles. The van der Waals surface area contributed by atoms with E-state index < -0.39 is 0 Å².